The van der Waals surface area contributed by atoms with Crippen molar-refractivity contribution in [1.82, 2.24) is 0 Å². The Morgan fingerprint density at radius 3 is 3.00 bits per heavy atom. The highest BCUT2D eigenvalue weighted by Gasteiger charge is 1.83. The Morgan fingerprint density at radius 1 is 2.40 bits per heavy atom. The summed E-state index contributed by atoms with van der Waals surface area (Å²) in [7, 11) is 0. The standard InChI is InChI=1S/C3H7ClO/c1-3(5)2-4/h3,5H,2H2,1H3/i1D. The third-order valence-corrected chi connectivity index (χ3v) is 0.534. The summed E-state index contributed by atoms with van der Waals surface area (Å²) < 4.78 is 6.47. The third-order valence-electron chi connectivity index (χ3n) is 0.178. The molecule has 1 unspecified atom stereocenters. The highest BCUT2D eigenvalue weighted by molar-refractivity contribution is 6.18. The minimum Gasteiger partial charge on any atom is -0.392 e. The molecule has 1 atom stereocenters. The summed E-state index contributed by atoms with van der Waals surface area (Å²) in [5.41, 5.74) is 0. The molecule has 0 radical (unpaired) electrons. The molecule has 0 bridgehead atoms. The van der Waals surface area contributed by atoms with Crippen LogP contribution in [0.1, 0.15) is 8.27 Å². The number of aliphatic hydroxyl groups is 1. The molecule has 0 aromatic rings. The minimum absolute atomic E-state index is 0.00347. The van der Waals surface area contributed by atoms with Crippen LogP contribution in [-0.2, 0) is 0 Å². The maximum atomic E-state index is 8.35. The number of hydrogen-bond donors (Lipinski definition) is 1. The van der Waals surface area contributed by atoms with Crippen molar-refractivity contribution in [3.8, 4) is 0 Å². The maximum absolute atomic E-state index is 8.35. The van der Waals surface area contributed by atoms with E-state index in [-0.39, 0.29) is 12.8 Å². The van der Waals surface area contributed by atoms with Gasteiger partial charge in [0, 0.05) is 7.25 Å². The van der Waals surface area contributed by atoms with Crippen molar-refractivity contribution in [2.45, 2.75) is 13.0 Å². The lowest BCUT2D eigenvalue weighted by atomic mass is 10.5. The van der Waals surface area contributed by atoms with Crippen molar-refractivity contribution in [2.75, 3.05) is 5.88 Å². The third kappa shape index (κ3) is 4.25. The summed E-state index contributed by atoms with van der Waals surface area (Å²) in [6.07, 6.45) is -0.633. The number of hydrogen-bond acceptors (Lipinski definition) is 1. The van der Waals surface area contributed by atoms with E-state index in [1.54, 1.807) is 0 Å². The zero-order chi connectivity index (χ0) is 4.99. The van der Waals surface area contributed by atoms with E-state index >= 15 is 0 Å². The van der Waals surface area contributed by atoms with Crippen LogP contribution in [0.15, 0.2) is 0 Å². The fourth-order valence-corrected chi connectivity index (χ4v) is 0. The lowest BCUT2D eigenvalue weighted by Crippen LogP contribution is -1.98. The highest BCUT2D eigenvalue weighted by atomic mass is 35.5. The van der Waals surface area contributed by atoms with E-state index in [0.717, 1.165) is 0 Å². The molecule has 0 fully saturated rings. The summed E-state index contributed by atoms with van der Waals surface area (Å²) in [4.78, 5) is 0. The molecule has 0 heterocycles. The second-order valence-electron chi connectivity index (χ2n) is 0.808. The Kier molecular flexibility index (Phi) is 1.71. The quantitative estimate of drug-likeness (QED) is 0.473. The van der Waals surface area contributed by atoms with E-state index in [0.29, 0.717) is 0 Å². The molecule has 0 amide bonds. The van der Waals surface area contributed by atoms with E-state index in [2.05, 4.69) is 0 Å². The van der Waals surface area contributed by atoms with Crippen molar-refractivity contribution in [3.05, 3.63) is 0 Å². The maximum Gasteiger partial charge on any atom is 0.0647 e. The molecule has 0 spiro atoms. The van der Waals surface area contributed by atoms with Crippen LogP contribution >= 0.6 is 11.6 Å². The highest BCUT2D eigenvalue weighted by Crippen LogP contribution is 1.80. The average Bonchev–Trinajstić information content (AvgIpc) is 1.65. The summed E-state index contributed by atoms with van der Waals surface area (Å²) >= 11 is 5.08. The van der Waals surface area contributed by atoms with E-state index < -0.39 is 6.10 Å². The molecule has 0 saturated carbocycles. The van der Waals surface area contributed by atoms with Crippen molar-refractivity contribution >= 4 is 11.6 Å². The molecule has 0 aromatic heterocycles. The molecule has 1 nitrogen and oxygen atoms in total. The molecule has 2 heteroatoms. The second-order valence-corrected chi connectivity index (χ2v) is 1.12. The van der Waals surface area contributed by atoms with Gasteiger partial charge in [-0.1, -0.05) is 0 Å². The van der Waals surface area contributed by atoms with Gasteiger partial charge in [0.1, 0.15) is 0 Å². The fourth-order valence-electron chi connectivity index (χ4n) is 0. The molecule has 0 aliphatic carbocycles. The summed E-state index contributed by atoms with van der Waals surface area (Å²) in [6.45, 7) is 0.00347. The minimum atomic E-state index is -0.633. The van der Waals surface area contributed by atoms with Crippen LogP contribution in [0.2, 0.25) is 0 Å². The first-order valence-electron chi connectivity index (χ1n) is 2.05. The average molecular weight is 95.5 g/mol. The Hall–Kier alpha value is 0.250. The van der Waals surface area contributed by atoms with Gasteiger partial charge in [-0.25, -0.2) is 0 Å². The SMILES string of the molecule is [2H]CC(O)CCl. The zero-order valence-corrected chi connectivity index (χ0v) is 3.57. The lowest BCUT2D eigenvalue weighted by Gasteiger charge is -1.88. The van der Waals surface area contributed by atoms with Crippen molar-refractivity contribution in [1.29, 1.82) is 0 Å². The fraction of sp³-hybridized carbons (Fsp3) is 1.00. The van der Waals surface area contributed by atoms with Crippen molar-refractivity contribution < 1.29 is 6.48 Å². The van der Waals surface area contributed by atoms with Gasteiger partial charge in [-0.3, -0.25) is 0 Å². The van der Waals surface area contributed by atoms with Crippen LogP contribution < -0.4 is 0 Å². The monoisotopic (exact) mass is 95.0 g/mol. The van der Waals surface area contributed by atoms with Gasteiger partial charge in [0.25, 0.3) is 0 Å². The molecule has 5 heavy (non-hydrogen) atoms. The first-order valence-corrected chi connectivity index (χ1v) is 1.88. The van der Waals surface area contributed by atoms with Gasteiger partial charge in [0.05, 0.1) is 6.10 Å². The van der Waals surface area contributed by atoms with E-state index in [1.165, 1.54) is 0 Å². The van der Waals surface area contributed by atoms with E-state index in [1.807, 2.05) is 0 Å². The van der Waals surface area contributed by atoms with Crippen LogP contribution in [0.5, 0.6) is 0 Å². The van der Waals surface area contributed by atoms with E-state index in [9.17, 15) is 0 Å². The summed E-state index contributed by atoms with van der Waals surface area (Å²) in [5, 5.41) is 8.35. The van der Waals surface area contributed by atoms with Gasteiger partial charge < -0.3 is 5.11 Å². The van der Waals surface area contributed by atoms with Crippen LogP contribution in [0.3, 0.4) is 0 Å². The van der Waals surface area contributed by atoms with Gasteiger partial charge >= 0.3 is 0 Å². The number of rotatable bonds is 1. The molecular weight excluding hydrogens is 87.5 g/mol. The normalized spacial score (nSPS) is 17.6. The first-order chi connectivity index (χ1) is 2.81. The Balaban J connectivity index is 2.75. The topological polar surface area (TPSA) is 20.2 Å². The smallest absolute Gasteiger partial charge is 0.0647 e. The number of aliphatic hydroxyl groups excluding tert-OH is 1. The van der Waals surface area contributed by atoms with Gasteiger partial charge in [0.15, 0.2) is 0 Å². The number of alkyl halides is 1. The van der Waals surface area contributed by atoms with Crippen LogP contribution in [0.4, 0.5) is 0 Å². The Bertz CT molecular complexity index is 30.0. The van der Waals surface area contributed by atoms with Crippen LogP contribution in [0, 0.1) is 0 Å². The second kappa shape index (κ2) is 2.49. The first kappa shape index (κ1) is 3.44. The predicted molar refractivity (Wildman–Crippen MR) is 22.4 cm³/mol. The van der Waals surface area contributed by atoms with E-state index in [4.69, 9.17) is 18.1 Å². The molecule has 32 valence electrons. The predicted octanol–water partition coefficient (Wildman–Crippen LogP) is 0.606. The van der Waals surface area contributed by atoms with Gasteiger partial charge in [-0.05, 0) is 6.90 Å². The van der Waals surface area contributed by atoms with Crippen LogP contribution in [-0.4, -0.2) is 17.1 Å². The largest absolute Gasteiger partial charge is 0.392 e. The van der Waals surface area contributed by atoms with Crippen LogP contribution in [0.25, 0.3) is 0 Å². The zero-order valence-electron chi connectivity index (χ0n) is 3.82. The number of halogens is 1. The molecular formula is C3H7ClO. The van der Waals surface area contributed by atoms with Crippen molar-refractivity contribution in [3.63, 3.8) is 0 Å². The molecule has 0 saturated heterocycles. The Morgan fingerprint density at radius 2 is 3.00 bits per heavy atom. The summed E-state index contributed by atoms with van der Waals surface area (Å²) in [6, 6.07) is 0. The lowest BCUT2D eigenvalue weighted by molar-refractivity contribution is 0.219. The van der Waals surface area contributed by atoms with Gasteiger partial charge in [0.2, 0.25) is 0 Å². The summed E-state index contributed by atoms with van der Waals surface area (Å²) in [5.74, 6) is 0.170. The molecule has 0 rings (SSSR count). The molecule has 1 N–H and O–H groups in total. The van der Waals surface area contributed by atoms with Crippen molar-refractivity contribution in [2.24, 2.45) is 0 Å². The molecule has 0 aliphatic rings. The van der Waals surface area contributed by atoms with Gasteiger partial charge in [-0.2, -0.15) is 0 Å². The molecule has 0 aliphatic heterocycles. The Labute approximate surface area is 38.0 Å². The van der Waals surface area contributed by atoms with Gasteiger partial charge in [-0.15, -0.1) is 11.6 Å². The molecule has 0 aromatic carbocycles.